The molecule has 4 N–H and O–H groups in total. The fraction of sp³-hybridized carbons (Fsp3) is 0.857. The Labute approximate surface area is 65.8 Å². The van der Waals surface area contributed by atoms with E-state index >= 15 is 0 Å². The monoisotopic (exact) mass is 158 g/mol. The van der Waals surface area contributed by atoms with Crippen molar-refractivity contribution in [2.75, 3.05) is 13.1 Å². The summed E-state index contributed by atoms with van der Waals surface area (Å²) in [6.45, 7) is 1.26. The first-order valence-electron chi connectivity index (χ1n) is 3.92. The maximum absolute atomic E-state index is 10.6. The largest absolute Gasteiger partial charge is 0.480 e. The third-order valence-corrected chi connectivity index (χ3v) is 2.16. The van der Waals surface area contributed by atoms with E-state index < -0.39 is 12.0 Å². The second-order valence-corrected chi connectivity index (χ2v) is 2.91. The Kier molecular flexibility index (Phi) is 2.84. The standard InChI is InChI=1S/C7H14N2O2/c8-4-5-2-1-3-9-6(5)7(10)11/h5-6,9H,1-4,8H2,(H,10,11)/t5-,6-/m0/s1. The van der Waals surface area contributed by atoms with Gasteiger partial charge in [-0.25, -0.2) is 0 Å². The first-order chi connectivity index (χ1) is 5.25. The van der Waals surface area contributed by atoms with E-state index in [1.807, 2.05) is 0 Å². The molecule has 0 bridgehead atoms. The van der Waals surface area contributed by atoms with E-state index in [4.69, 9.17) is 10.8 Å². The molecule has 0 aromatic carbocycles. The van der Waals surface area contributed by atoms with E-state index in [-0.39, 0.29) is 5.92 Å². The summed E-state index contributed by atoms with van der Waals surface area (Å²) in [5.41, 5.74) is 5.43. The minimum absolute atomic E-state index is 0.112. The molecule has 1 aliphatic heterocycles. The normalized spacial score (nSPS) is 31.7. The second-order valence-electron chi connectivity index (χ2n) is 2.91. The third-order valence-electron chi connectivity index (χ3n) is 2.16. The van der Waals surface area contributed by atoms with Crippen molar-refractivity contribution < 1.29 is 9.90 Å². The molecule has 0 spiro atoms. The van der Waals surface area contributed by atoms with Gasteiger partial charge < -0.3 is 16.2 Å². The van der Waals surface area contributed by atoms with E-state index in [9.17, 15) is 4.79 Å². The zero-order chi connectivity index (χ0) is 8.27. The van der Waals surface area contributed by atoms with Crippen molar-refractivity contribution in [2.45, 2.75) is 18.9 Å². The molecule has 4 nitrogen and oxygen atoms in total. The molecule has 0 radical (unpaired) electrons. The third kappa shape index (κ3) is 1.91. The van der Waals surface area contributed by atoms with Crippen molar-refractivity contribution in [3.8, 4) is 0 Å². The zero-order valence-electron chi connectivity index (χ0n) is 6.42. The van der Waals surface area contributed by atoms with Crippen LogP contribution in [0.25, 0.3) is 0 Å². The molecule has 1 rings (SSSR count). The lowest BCUT2D eigenvalue weighted by Gasteiger charge is -2.28. The predicted molar refractivity (Wildman–Crippen MR) is 41.2 cm³/mol. The van der Waals surface area contributed by atoms with Crippen molar-refractivity contribution in [3.05, 3.63) is 0 Å². The molecule has 4 heteroatoms. The molecule has 0 unspecified atom stereocenters. The molecule has 0 saturated carbocycles. The van der Waals surface area contributed by atoms with Crippen molar-refractivity contribution in [3.63, 3.8) is 0 Å². The molecule has 1 aliphatic rings. The van der Waals surface area contributed by atoms with Crippen LogP contribution in [0.1, 0.15) is 12.8 Å². The molecule has 0 aliphatic carbocycles. The van der Waals surface area contributed by atoms with Crippen molar-refractivity contribution >= 4 is 5.97 Å². The number of carboxylic acids is 1. The molecular formula is C7H14N2O2. The predicted octanol–water partition coefficient (Wildman–Crippen LogP) is -0.602. The van der Waals surface area contributed by atoms with Crippen LogP contribution in [-0.2, 0) is 4.79 Å². The van der Waals surface area contributed by atoms with Crippen LogP contribution in [-0.4, -0.2) is 30.2 Å². The van der Waals surface area contributed by atoms with Gasteiger partial charge in [-0.15, -0.1) is 0 Å². The van der Waals surface area contributed by atoms with E-state index in [1.165, 1.54) is 0 Å². The topological polar surface area (TPSA) is 75.3 Å². The van der Waals surface area contributed by atoms with Crippen LogP contribution in [0.15, 0.2) is 0 Å². The van der Waals surface area contributed by atoms with Crippen LogP contribution in [0.5, 0.6) is 0 Å². The molecule has 2 atom stereocenters. The lowest BCUT2D eigenvalue weighted by Crippen LogP contribution is -2.49. The van der Waals surface area contributed by atoms with Crippen molar-refractivity contribution in [1.82, 2.24) is 5.32 Å². The number of nitrogens with one attached hydrogen (secondary N) is 1. The second kappa shape index (κ2) is 3.69. The molecule has 1 heterocycles. The number of hydrogen-bond acceptors (Lipinski definition) is 3. The number of nitrogens with two attached hydrogens (primary N) is 1. The molecule has 64 valence electrons. The van der Waals surface area contributed by atoms with Gasteiger partial charge in [-0.3, -0.25) is 4.79 Å². The Hall–Kier alpha value is -0.610. The van der Waals surface area contributed by atoms with Gasteiger partial charge in [0.25, 0.3) is 0 Å². The minimum atomic E-state index is -0.778. The van der Waals surface area contributed by atoms with Gasteiger partial charge in [0, 0.05) is 0 Å². The van der Waals surface area contributed by atoms with E-state index in [0.29, 0.717) is 6.54 Å². The minimum Gasteiger partial charge on any atom is -0.480 e. The smallest absolute Gasteiger partial charge is 0.321 e. The molecule has 1 fully saturated rings. The summed E-state index contributed by atoms with van der Waals surface area (Å²) in [6.07, 6.45) is 1.96. The Morgan fingerprint density at radius 3 is 2.91 bits per heavy atom. The Balaban J connectivity index is 2.51. The summed E-state index contributed by atoms with van der Waals surface area (Å²) < 4.78 is 0. The quantitative estimate of drug-likeness (QED) is 0.501. The molecule has 0 aromatic rings. The van der Waals surface area contributed by atoms with E-state index in [2.05, 4.69) is 5.32 Å². The van der Waals surface area contributed by atoms with Gasteiger partial charge >= 0.3 is 5.97 Å². The maximum Gasteiger partial charge on any atom is 0.321 e. The number of carbonyl (C=O) groups is 1. The van der Waals surface area contributed by atoms with Gasteiger partial charge in [-0.2, -0.15) is 0 Å². The van der Waals surface area contributed by atoms with Crippen molar-refractivity contribution in [2.24, 2.45) is 11.7 Å². The summed E-state index contributed by atoms with van der Waals surface area (Å²) >= 11 is 0. The fourth-order valence-electron chi connectivity index (χ4n) is 1.50. The molecular weight excluding hydrogens is 144 g/mol. The zero-order valence-corrected chi connectivity index (χ0v) is 6.42. The van der Waals surface area contributed by atoms with Gasteiger partial charge in [0.05, 0.1) is 0 Å². The van der Waals surface area contributed by atoms with Gasteiger partial charge in [0.2, 0.25) is 0 Å². The van der Waals surface area contributed by atoms with Gasteiger partial charge in [0.15, 0.2) is 0 Å². The Morgan fingerprint density at radius 2 is 2.45 bits per heavy atom. The summed E-state index contributed by atoms with van der Waals surface area (Å²) in [5, 5.41) is 11.7. The lowest BCUT2D eigenvalue weighted by atomic mass is 9.91. The summed E-state index contributed by atoms with van der Waals surface area (Å²) in [7, 11) is 0. The highest BCUT2D eigenvalue weighted by molar-refractivity contribution is 5.74. The first kappa shape index (κ1) is 8.49. The van der Waals surface area contributed by atoms with Gasteiger partial charge in [-0.1, -0.05) is 0 Å². The fourth-order valence-corrected chi connectivity index (χ4v) is 1.50. The number of aliphatic carboxylic acids is 1. The summed E-state index contributed by atoms with van der Waals surface area (Å²) in [4.78, 5) is 10.6. The molecule has 0 amide bonds. The number of rotatable bonds is 2. The molecule has 1 saturated heterocycles. The van der Waals surface area contributed by atoms with E-state index in [0.717, 1.165) is 19.4 Å². The highest BCUT2D eigenvalue weighted by atomic mass is 16.4. The Bertz CT molecular complexity index is 149. The number of hydrogen-bond donors (Lipinski definition) is 3. The van der Waals surface area contributed by atoms with Crippen LogP contribution >= 0.6 is 0 Å². The highest BCUT2D eigenvalue weighted by Crippen LogP contribution is 2.14. The van der Waals surface area contributed by atoms with Crippen LogP contribution in [0, 0.1) is 5.92 Å². The molecule has 11 heavy (non-hydrogen) atoms. The van der Waals surface area contributed by atoms with Gasteiger partial charge in [-0.05, 0) is 31.8 Å². The number of piperidine rings is 1. The average Bonchev–Trinajstić information content (AvgIpc) is 2.04. The van der Waals surface area contributed by atoms with Crippen LogP contribution in [0.4, 0.5) is 0 Å². The van der Waals surface area contributed by atoms with Crippen molar-refractivity contribution in [1.29, 1.82) is 0 Å². The van der Waals surface area contributed by atoms with Crippen LogP contribution in [0.3, 0.4) is 0 Å². The average molecular weight is 158 g/mol. The highest BCUT2D eigenvalue weighted by Gasteiger charge is 2.28. The van der Waals surface area contributed by atoms with Crippen LogP contribution in [0.2, 0.25) is 0 Å². The summed E-state index contributed by atoms with van der Waals surface area (Å²) in [6, 6.07) is -0.422. The Morgan fingerprint density at radius 1 is 1.73 bits per heavy atom. The first-order valence-corrected chi connectivity index (χ1v) is 3.92. The van der Waals surface area contributed by atoms with E-state index in [1.54, 1.807) is 0 Å². The lowest BCUT2D eigenvalue weighted by molar-refractivity contribution is -0.141. The number of carboxylic acid groups (broad SMARTS) is 1. The SMILES string of the molecule is NC[C@@H]1CCCN[C@@H]1C(=O)O. The van der Waals surface area contributed by atoms with Gasteiger partial charge in [0.1, 0.15) is 6.04 Å². The molecule has 0 aromatic heterocycles. The summed E-state index contributed by atoms with van der Waals surface area (Å²) in [5.74, 6) is -0.665. The maximum atomic E-state index is 10.6. The van der Waals surface area contributed by atoms with Crippen LogP contribution < -0.4 is 11.1 Å².